The van der Waals surface area contributed by atoms with E-state index in [1.165, 1.54) is 11.3 Å². The van der Waals surface area contributed by atoms with Crippen LogP contribution >= 0.6 is 23.7 Å². The van der Waals surface area contributed by atoms with Gasteiger partial charge in [0.2, 0.25) is 0 Å². The van der Waals surface area contributed by atoms with Gasteiger partial charge in [-0.3, -0.25) is 14.6 Å². The molecule has 4 rings (SSSR count). The van der Waals surface area contributed by atoms with E-state index in [1.54, 1.807) is 25.0 Å². The molecular weight excluding hydrogens is 428 g/mol. The van der Waals surface area contributed by atoms with E-state index in [-0.39, 0.29) is 18.3 Å². The molecule has 0 atom stereocenters. The number of hydrogen-bond donors (Lipinski definition) is 0. The van der Waals surface area contributed by atoms with Crippen molar-refractivity contribution in [3.63, 3.8) is 0 Å². The minimum atomic E-state index is -0.199. The van der Waals surface area contributed by atoms with E-state index in [0.29, 0.717) is 23.1 Å². The van der Waals surface area contributed by atoms with Gasteiger partial charge in [-0.1, -0.05) is 16.5 Å². The van der Waals surface area contributed by atoms with Gasteiger partial charge in [0.05, 0.1) is 30.5 Å². The number of amides is 1. The Bertz CT molecular complexity index is 986. The SMILES string of the molecule is COc1ccc2sc(N(CCCN3CCOCC3)C(=O)c3cc(C)on3)nc2c1.Cl. The first kappa shape index (κ1) is 22.5. The number of aromatic nitrogens is 2. The fourth-order valence-corrected chi connectivity index (χ4v) is 4.27. The summed E-state index contributed by atoms with van der Waals surface area (Å²) in [5.74, 6) is 1.15. The Morgan fingerprint density at radius 1 is 1.30 bits per heavy atom. The molecule has 2 aromatic heterocycles. The number of ether oxygens (including phenoxy) is 2. The van der Waals surface area contributed by atoms with Crippen LogP contribution in [0, 0.1) is 6.92 Å². The third-order valence-electron chi connectivity index (χ3n) is 4.87. The van der Waals surface area contributed by atoms with Gasteiger partial charge in [-0.15, -0.1) is 12.4 Å². The van der Waals surface area contributed by atoms with Crippen molar-refractivity contribution in [1.82, 2.24) is 15.0 Å². The fraction of sp³-hybridized carbons (Fsp3) is 0.450. The zero-order chi connectivity index (χ0) is 20.2. The molecule has 0 bridgehead atoms. The summed E-state index contributed by atoms with van der Waals surface area (Å²) in [6.07, 6.45) is 0.835. The van der Waals surface area contributed by atoms with Gasteiger partial charge in [0.25, 0.3) is 5.91 Å². The zero-order valence-electron chi connectivity index (χ0n) is 17.0. The number of carbonyl (C=O) groups excluding carboxylic acids is 1. The molecule has 0 unspecified atom stereocenters. The van der Waals surface area contributed by atoms with Crippen LogP contribution in [-0.2, 0) is 4.74 Å². The summed E-state index contributed by atoms with van der Waals surface area (Å²) < 4.78 is 16.8. The summed E-state index contributed by atoms with van der Waals surface area (Å²) in [4.78, 5) is 21.9. The second-order valence-corrected chi connectivity index (χ2v) is 7.93. The van der Waals surface area contributed by atoms with Gasteiger partial charge in [0, 0.05) is 38.3 Å². The third kappa shape index (κ3) is 5.10. The van der Waals surface area contributed by atoms with Gasteiger partial charge in [-0.25, -0.2) is 4.98 Å². The van der Waals surface area contributed by atoms with Gasteiger partial charge in [-0.05, 0) is 25.5 Å². The second kappa shape index (κ2) is 10.2. The van der Waals surface area contributed by atoms with Crippen LogP contribution in [0.25, 0.3) is 10.2 Å². The minimum Gasteiger partial charge on any atom is -0.497 e. The predicted molar refractivity (Wildman–Crippen MR) is 118 cm³/mol. The number of anilines is 1. The van der Waals surface area contributed by atoms with Crippen molar-refractivity contribution in [2.75, 3.05) is 51.4 Å². The maximum absolute atomic E-state index is 13.2. The Hall–Kier alpha value is -2.20. The highest BCUT2D eigenvalue weighted by atomic mass is 35.5. The van der Waals surface area contributed by atoms with Crippen molar-refractivity contribution in [3.05, 3.63) is 35.7 Å². The molecule has 0 N–H and O–H groups in total. The van der Waals surface area contributed by atoms with Crippen LogP contribution in [0.2, 0.25) is 0 Å². The molecule has 0 saturated carbocycles. The molecule has 10 heteroatoms. The molecule has 30 heavy (non-hydrogen) atoms. The normalized spacial score (nSPS) is 14.5. The average Bonchev–Trinajstić information content (AvgIpc) is 3.37. The molecule has 1 amide bonds. The highest BCUT2D eigenvalue weighted by molar-refractivity contribution is 7.22. The number of hydrogen-bond acceptors (Lipinski definition) is 8. The van der Waals surface area contributed by atoms with Crippen molar-refractivity contribution in [1.29, 1.82) is 0 Å². The highest BCUT2D eigenvalue weighted by Gasteiger charge is 2.24. The lowest BCUT2D eigenvalue weighted by Gasteiger charge is -2.27. The topological polar surface area (TPSA) is 80.9 Å². The van der Waals surface area contributed by atoms with Crippen molar-refractivity contribution >= 4 is 45.0 Å². The molecule has 1 aliphatic heterocycles. The number of fused-ring (bicyclic) bond motifs is 1. The first-order valence-corrected chi connectivity index (χ1v) is 10.5. The number of rotatable bonds is 7. The maximum atomic E-state index is 13.2. The van der Waals surface area contributed by atoms with Crippen LogP contribution in [0.3, 0.4) is 0 Å². The van der Waals surface area contributed by atoms with Crippen molar-refractivity contribution < 1.29 is 18.8 Å². The molecular formula is C20H25ClN4O4S. The minimum absolute atomic E-state index is 0. The van der Waals surface area contributed by atoms with Crippen LogP contribution in [0.15, 0.2) is 28.8 Å². The molecule has 1 aromatic carbocycles. The Balaban J connectivity index is 0.00000256. The van der Waals surface area contributed by atoms with Crippen LogP contribution in [-0.4, -0.2) is 67.5 Å². The summed E-state index contributed by atoms with van der Waals surface area (Å²) in [5.41, 5.74) is 1.11. The molecule has 3 aromatic rings. The van der Waals surface area contributed by atoms with E-state index >= 15 is 0 Å². The number of thiazole rings is 1. The van der Waals surface area contributed by atoms with Gasteiger partial charge in [0.1, 0.15) is 11.5 Å². The molecule has 0 spiro atoms. The number of morpholine rings is 1. The first-order valence-electron chi connectivity index (χ1n) is 9.64. The first-order chi connectivity index (χ1) is 14.1. The number of benzene rings is 1. The lowest BCUT2D eigenvalue weighted by atomic mass is 10.3. The molecule has 3 heterocycles. The van der Waals surface area contributed by atoms with Crippen LogP contribution in [0.4, 0.5) is 5.13 Å². The monoisotopic (exact) mass is 452 g/mol. The quantitative estimate of drug-likeness (QED) is 0.543. The Morgan fingerprint density at radius 2 is 2.10 bits per heavy atom. The molecule has 1 aliphatic rings. The summed E-state index contributed by atoms with van der Waals surface area (Å²) in [5, 5.41) is 4.56. The summed E-state index contributed by atoms with van der Waals surface area (Å²) in [6, 6.07) is 7.40. The van der Waals surface area contributed by atoms with E-state index in [0.717, 1.165) is 55.2 Å². The van der Waals surface area contributed by atoms with Crippen LogP contribution in [0.1, 0.15) is 22.7 Å². The molecule has 1 fully saturated rings. The third-order valence-corrected chi connectivity index (χ3v) is 5.93. The van der Waals surface area contributed by atoms with Gasteiger partial charge >= 0.3 is 0 Å². The Kier molecular flexibility index (Phi) is 7.65. The van der Waals surface area contributed by atoms with E-state index < -0.39 is 0 Å². The highest BCUT2D eigenvalue weighted by Crippen LogP contribution is 2.32. The lowest BCUT2D eigenvalue weighted by Crippen LogP contribution is -2.39. The molecule has 162 valence electrons. The van der Waals surface area contributed by atoms with E-state index in [4.69, 9.17) is 19.0 Å². The number of carbonyl (C=O) groups is 1. The van der Waals surface area contributed by atoms with Gasteiger partial charge < -0.3 is 14.0 Å². The maximum Gasteiger partial charge on any atom is 0.282 e. The number of methoxy groups -OCH3 is 1. The smallest absolute Gasteiger partial charge is 0.282 e. The standard InChI is InChI=1S/C20H24N4O4S.ClH/c1-14-12-17(22-28-14)19(25)24(7-3-6-23-8-10-27-11-9-23)20-21-16-13-15(26-2)4-5-18(16)29-20;/h4-5,12-13H,3,6-11H2,1-2H3;1H. The molecule has 1 saturated heterocycles. The van der Waals surface area contributed by atoms with Crippen molar-refractivity contribution in [3.8, 4) is 5.75 Å². The van der Waals surface area contributed by atoms with Gasteiger partial charge in [0.15, 0.2) is 10.8 Å². The number of nitrogens with zero attached hydrogens (tertiary/aromatic N) is 4. The Morgan fingerprint density at radius 3 is 2.80 bits per heavy atom. The Labute approximate surface area is 185 Å². The second-order valence-electron chi connectivity index (χ2n) is 6.92. The van der Waals surface area contributed by atoms with Crippen LogP contribution < -0.4 is 9.64 Å². The fourth-order valence-electron chi connectivity index (χ4n) is 3.30. The van der Waals surface area contributed by atoms with E-state index in [2.05, 4.69) is 10.1 Å². The molecule has 0 radical (unpaired) electrons. The summed E-state index contributed by atoms with van der Waals surface area (Å²) >= 11 is 1.49. The van der Waals surface area contributed by atoms with E-state index in [1.807, 2.05) is 18.2 Å². The van der Waals surface area contributed by atoms with Crippen LogP contribution in [0.5, 0.6) is 5.75 Å². The predicted octanol–water partition coefficient (Wildman–Crippen LogP) is 3.39. The summed E-state index contributed by atoms with van der Waals surface area (Å²) in [6.45, 7) is 6.62. The lowest BCUT2D eigenvalue weighted by molar-refractivity contribution is 0.0376. The zero-order valence-corrected chi connectivity index (χ0v) is 18.6. The van der Waals surface area contributed by atoms with Crippen molar-refractivity contribution in [2.45, 2.75) is 13.3 Å². The molecule has 0 aliphatic carbocycles. The van der Waals surface area contributed by atoms with E-state index in [9.17, 15) is 4.79 Å². The molecule has 8 nitrogen and oxygen atoms in total. The van der Waals surface area contributed by atoms with Crippen molar-refractivity contribution in [2.24, 2.45) is 0 Å². The summed E-state index contributed by atoms with van der Waals surface area (Å²) in [7, 11) is 1.63. The average molecular weight is 453 g/mol. The number of halogens is 1. The van der Waals surface area contributed by atoms with Gasteiger partial charge in [-0.2, -0.15) is 0 Å². The largest absolute Gasteiger partial charge is 0.497 e. The number of aryl methyl sites for hydroxylation is 1.